The minimum absolute atomic E-state index is 0.122. The summed E-state index contributed by atoms with van der Waals surface area (Å²) in [6.07, 6.45) is 4.86. The molecular weight excluding hydrogens is 268 g/mol. The van der Waals surface area contributed by atoms with Crippen LogP contribution in [0.5, 0.6) is 0 Å². The molecule has 21 heavy (non-hydrogen) atoms. The van der Waals surface area contributed by atoms with E-state index in [1.54, 1.807) is 17.1 Å². The Bertz CT molecular complexity index is 719. The van der Waals surface area contributed by atoms with Crippen molar-refractivity contribution in [2.45, 2.75) is 13.0 Å². The van der Waals surface area contributed by atoms with Crippen molar-refractivity contribution in [1.29, 1.82) is 0 Å². The number of rotatable bonds is 4. The molecule has 1 unspecified atom stereocenters. The first-order chi connectivity index (χ1) is 10.2. The monoisotopic (exact) mass is 282 g/mol. The van der Waals surface area contributed by atoms with Crippen molar-refractivity contribution in [3.63, 3.8) is 0 Å². The molecule has 106 valence electrons. The Morgan fingerprint density at radius 3 is 2.81 bits per heavy atom. The highest BCUT2D eigenvalue weighted by molar-refractivity contribution is 5.90. The lowest BCUT2D eigenvalue weighted by molar-refractivity contribution is 0.0928. The summed E-state index contributed by atoms with van der Waals surface area (Å²) < 4.78 is 1.56. The zero-order chi connectivity index (χ0) is 14.7. The minimum atomic E-state index is -0.339. The SMILES string of the molecule is CC(NC(=O)c1ncn(-c2ccccc2)n1)c1ncc[nH]1. The number of hydrogen-bond donors (Lipinski definition) is 2. The fraction of sp³-hybridized carbons (Fsp3) is 0.143. The number of nitrogens with one attached hydrogen (secondary N) is 2. The van der Waals surface area contributed by atoms with Gasteiger partial charge in [0.15, 0.2) is 0 Å². The van der Waals surface area contributed by atoms with E-state index in [4.69, 9.17) is 0 Å². The second-order valence-corrected chi connectivity index (χ2v) is 4.52. The van der Waals surface area contributed by atoms with Crippen molar-refractivity contribution >= 4 is 5.91 Å². The molecule has 0 aliphatic carbocycles. The lowest BCUT2D eigenvalue weighted by Crippen LogP contribution is -2.28. The van der Waals surface area contributed by atoms with E-state index in [1.807, 2.05) is 37.3 Å². The molecule has 2 N–H and O–H groups in total. The minimum Gasteiger partial charge on any atom is -0.347 e. The summed E-state index contributed by atoms with van der Waals surface area (Å²) in [5, 5.41) is 6.97. The Kier molecular flexibility index (Phi) is 3.46. The first-order valence-electron chi connectivity index (χ1n) is 6.51. The number of para-hydroxylation sites is 1. The number of imidazole rings is 1. The van der Waals surface area contributed by atoms with Crippen molar-refractivity contribution in [2.75, 3.05) is 0 Å². The van der Waals surface area contributed by atoms with E-state index in [0.717, 1.165) is 5.69 Å². The van der Waals surface area contributed by atoms with Gasteiger partial charge in [-0.15, -0.1) is 5.10 Å². The van der Waals surface area contributed by atoms with Gasteiger partial charge in [0, 0.05) is 12.4 Å². The third kappa shape index (κ3) is 2.81. The summed E-state index contributed by atoms with van der Waals surface area (Å²) in [5.74, 6) is 0.469. The Hall–Kier alpha value is -2.96. The van der Waals surface area contributed by atoms with Crippen LogP contribution >= 0.6 is 0 Å². The number of hydrogen-bond acceptors (Lipinski definition) is 4. The Labute approximate surface area is 121 Å². The third-order valence-electron chi connectivity index (χ3n) is 2.99. The number of aromatic nitrogens is 5. The highest BCUT2D eigenvalue weighted by atomic mass is 16.2. The zero-order valence-electron chi connectivity index (χ0n) is 11.4. The summed E-state index contributed by atoms with van der Waals surface area (Å²) in [6.45, 7) is 1.84. The molecule has 2 heterocycles. The molecule has 0 saturated heterocycles. The van der Waals surface area contributed by atoms with E-state index in [1.165, 1.54) is 6.33 Å². The van der Waals surface area contributed by atoms with Gasteiger partial charge in [-0.25, -0.2) is 14.6 Å². The summed E-state index contributed by atoms with van der Waals surface area (Å²) in [5.41, 5.74) is 0.850. The quantitative estimate of drug-likeness (QED) is 0.758. The van der Waals surface area contributed by atoms with Gasteiger partial charge in [0.1, 0.15) is 12.2 Å². The highest BCUT2D eigenvalue weighted by Crippen LogP contribution is 2.08. The Morgan fingerprint density at radius 2 is 2.10 bits per heavy atom. The van der Waals surface area contributed by atoms with Crippen LogP contribution in [0.15, 0.2) is 49.1 Å². The number of nitrogens with zero attached hydrogens (tertiary/aromatic N) is 4. The van der Waals surface area contributed by atoms with E-state index >= 15 is 0 Å². The number of benzene rings is 1. The van der Waals surface area contributed by atoms with Gasteiger partial charge in [-0.2, -0.15) is 0 Å². The smallest absolute Gasteiger partial charge is 0.291 e. The first-order valence-corrected chi connectivity index (χ1v) is 6.51. The summed E-state index contributed by atoms with van der Waals surface area (Å²) in [4.78, 5) is 23.2. The standard InChI is InChI=1S/C14H14N6O/c1-10(12-15-7-8-16-12)18-14(21)13-17-9-20(19-13)11-5-3-2-4-6-11/h2-10H,1H3,(H,15,16)(H,18,21). The summed E-state index contributed by atoms with van der Waals surface area (Å²) in [7, 11) is 0. The van der Waals surface area contributed by atoms with Crippen LogP contribution in [0.2, 0.25) is 0 Å². The van der Waals surface area contributed by atoms with Crippen molar-refractivity contribution < 1.29 is 4.79 Å². The Balaban J connectivity index is 1.73. The fourth-order valence-electron chi connectivity index (χ4n) is 1.92. The number of carbonyl (C=O) groups excluding carboxylic acids is 1. The third-order valence-corrected chi connectivity index (χ3v) is 2.99. The van der Waals surface area contributed by atoms with Crippen LogP contribution in [0.4, 0.5) is 0 Å². The van der Waals surface area contributed by atoms with E-state index in [9.17, 15) is 4.79 Å². The first kappa shape index (κ1) is 13.0. The number of aromatic amines is 1. The lowest BCUT2D eigenvalue weighted by Gasteiger charge is -2.09. The van der Waals surface area contributed by atoms with Crippen molar-refractivity contribution in [3.05, 3.63) is 60.7 Å². The second kappa shape index (κ2) is 5.58. The fourth-order valence-corrected chi connectivity index (χ4v) is 1.92. The molecule has 0 bridgehead atoms. The average Bonchev–Trinajstić information content (AvgIpc) is 3.20. The summed E-state index contributed by atoms with van der Waals surface area (Å²) in [6, 6.07) is 9.25. The maximum Gasteiger partial charge on any atom is 0.291 e. The maximum absolute atomic E-state index is 12.1. The van der Waals surface area contributed by atoms with E-state index in [2.05, 4.69) is 25.4 Å². The van der Waals surface area contributed by atoms with Crippen LogP contribution in [-0.4, -0.2) is 30.6 Å². The van der Waals surface area contributed by atoms with Crippen LogP contribution in [0, 0.1) is 0 Å². The van der Waals surface area contributed by atoms with Gasteiger partial charge < -0.3 is 10.3 Å². The number of amides is 1. The molecule has 1 amide bonds. The molecule has 1 atom stereocenters. The van der Waals surface area contributed by atoms with Crippen molar-refractivity contribution in [3.8, 4) is 5.69 Å². The van der Waals surface area contributed by atoms with Crippen LogP contribution in [0.3, 0.4) is 0 Å². The largest absolute Gasteiger partial charge is 0.347 e. The van der Waals surface area contributed by atoms with Gasteiger partial charge >= 0.3 is 0 Å². The molecular formula is C14H14N6O. The Morgan fingerprint density at radius 1 is 1.29 bits per heavy atom. The van der Waals surface area contributed by atoms with Gasteiger partial charge in [-0.3, -0.25) is 4.79 Å². The average molecular weight is 282 g/mol. The van der Waals surface area contributed by atoms with Crippen LogP contribution < -0.4 is 5.32 Å². The van der Waals surface area contributed by atoms with Crippen molar-refractivity contribution in [1.82, 2.24) is 30.0 Å². The molecule has 0 spiro atoms. The maximum atomic E-state index is 12.1. The van der Waals surface area contributed by atoms with Gasteiger partial charge in [-0.05, 0) is 19.1 Å². The van der Waals surface area contributed by atoms with Crippen LogP contribution in [0.1, 0.15) is 29.4 Å². The second-order valence-electron chi connectivity index (χ2n) is 4.52. The molecule has 0 fully saturated rings. The molecule has 0 radical (unpaired) electrons. The van der Waals surface area contributed by atoms with E-state index in [0.29, 0.717) is 5.82 Å². The molecule has 1 aromatic carbocycles. The van der Waals surface area contributed by atoms with E-state index in [-0.39, 0.29) is 17.8 Å². The lowest BCUT2D eigenvalue weighted by atomic mass is 10.3. The molecule has 0 saturated carbocycles. The van der Waals surface area contributed by atoms with Crippen molar-refractivity contribution in [2.24, 2.45) is 0 Å². The van der Waals surface area contributed by atoms with Gasteiger partial charge in [0.05, 0.1) is 11.7 Å². The van der Waals surface area contributed by atoms with E-state index < -0.39 is 0 Å². The van der Waals surface area contributed by atoms with Gasteiger partial charge in [0.25, 0.3) is 5.91 Å². The molecule has 7 nitrogen and oxygen atoms in total. The number of carbonyl (C=O) groups is 1. The number of H-pyrrole nitrogens is 1. The van der Waals surface area contributed by atoms with Gasteiger partial charge in [-0.1, -0.05) is 18.2 Å². The van der Waals surface area contributed by atoms with Crippen LogP contribution in [0.25, 0.3) is 5.69 Å². The zero-order valence-corrected chi connectivity index (χ0v) is 11.4. The molecule has 3 rings (SSSR count). The molecule has 0 aliphatic rings. The predicted molar refractivity (Wildman–Crippen MR) is 75.8 cm³/mol. The normalized spacial score (nSPS) is 12.0. The predicted octanol–water partition coefficient (Wildman–Crippen LogP) is 1.48. The molecule has 7 heteroatoms. The molecule has 3 aromatic rings. The topological polar surface area (TPSA) is 88.5 Å². The summed E-state index contributed by atoms with van der Waals surface area (Å²) >= 11 is 0. The molecule has 2 aromatic heterocycles. The highest BCUT2D eigenvalue weighted by Gasteiger charge is 2.16. The van der Waals surface area contributed by atoms with Crippen LogP contribution in [-0.2, 0) is 0 Å². The van der Waals surface area contributed by atoms with Gasteiger partial charge in [0.2, 0.25) is 5.82 Å². The molecule has 0 aliphatic heterocycles.